The van der Waals surface area contributed by atoms with Crippen LogP contribution in [0.2, 0.25) is 0 Å². The Morgan fingerprint density at radius 3 is 2.17 bits per heavy atom. The third kappa shape index (κ3) is 2.20. The van der Waals surface area contributed by atoms with Crippen molar-refractivity contribution in [2.45, 2.75) is 57.7 Å². The zero-order valence-corrected chi connectivity index (χ0v) is 8.45. The first-order valence-electron chi connectivity index (χ1n) is 5.03. The van der Waals surface area contributed by atoms with Gasteiger partial charge < -0.3 is 5.11 Å². The van der Waals surface area contributed by atoms with Gasteiger partial charge in [-0.3, -0.25) is 4.90 Å². The molecule has 0 amide bonds. The lowest BCUT2D eigenvalue weighted by molar-refractivity contribution is 0.0628. The maximum Gasteiger partial charge on any atom is 0.0664 e. The van der Waals surface area contributed by atoms with E-state index in [9.17, 15) is 5.11 Å². The Hall–Kier alpha value is -0.0800. The topological polar surface area (TPSA) is 23.5 Å². The van der Waals surface area contributed by atoms with Crippen LogP contribution in [0.25, 0.3) is 0 Å². The molecule has 2 unspecified atom stereocenters. The van der Waals surface area contributed by atoms with E-state index in [1.54, 1.807) is 0 Å². The standard InChI is InChI=1S/C10H21NO/c1-8(9(2)12)11(3)10-6-4-5-7-10/h8-10,12H,4-7H2,1-3H3. The summed E-state index contributed by atoms with van der Waals surface area (Å²) in [5.74, 6) is 0. The Balaban J connectivity index is 2.39. The molecular formula is C10H21NO. The summed E-state index contributed by atoms with van der Waals surface area (Å²) >= 11 is 0. The first kappa shape index (κ1) is 10.0. The van der Waals surface area contributed by atoms with Crippen LogP contribution in [-0.4, -0.2) is 35.2 Å². The molecule has 12 heavy (non-hydrogen) atoms. The number of hydrogen-bond acceptors (Lipinski definition) is 2. The van der Waals surface area contributed by atoms with Crippen molar-refractivity contribution in [2.24, 2.45) is 0 Å². The molecule has 0 aliphatic heterocycles. The molecule has 1 aliphatic carbocycles. The fourth-order valence-corrected chi connectivity index (χ4v) is 1.98. The minimum Gasteiger partial charge on any atom is -0.392 e. The molecule has 0 saturated heterocycles. The van der Waals surface area contributed by atoms with E-state index >= 15 is 0 Å². The first-order chi connectivity index (χ1) is 5.63. The predicted molar refractivity (Wildman–Crippen MR) is 51.2 cm³/mol. The van der Waals surface area contributed by atoms with Gasteiger partial charge in [-0.2, -0.15) is 0 Å². The molecule has 1 saturated carbocycles. The van der Waals surface area contributed by atoms with E-state index in [0.29, 0.717) is 6.04 Å². The number of hydrogen-bond donors (Lipinski definition) is 1. The summed E-state index contributed by atoms with van der Waals surface area (Å²) in [5.41, 5.74) is 0. The average Bonchev–Trinajstić information content (AvgIpc) is 2.53. The largest absolute Gasteiger partial charge is 0.392 e. The molecule has 2 nitrogen and oxygen atoms in total. The van der Waals surface area contributed by atoms with Crippen LogP contribution in [0.15, 0.2) is 0 Å². The highest BCUT2D eigenvalue weighted by Gasteiger charge is 2.24. The second-order valence-electron chi connectivity index (χ2n) is 4.08. The quantitative estimate of drug-likeness (QED) is 0.697. The Bertz CT molecular complexity index is 128. The van der Waals surface area contributed by atoms with Crippen LogP contribution in [0, 0.1) is 0 Å². The van der Waals surface area contributed by atoms with Gasteiger partial charge in [0.2, 0.25) is 0 Å². The van der Waals surface area contributed by atoms with Crippen LogP contribution in [0.1, 0.15) is 39.5 Å². The van der Waals surface area contributed by atoms with E-state index in [1.807, 2.05) is 6.92 Å². The van der Waals surface area contributed by atoms with E-state index in [-0.39, 0.29) is 6.10 Å². The molecule has 72 valence electrons. The van der Waals surface area contributed by atoms with Crippen molar-refractivity contribution in [1.82, 2.24) is 4.90 Å². The lowest BCUT2D eigenvalue weighted by Crippen LogP contribution is -2.42. The van der Waals surface area contributed by atoms with Gasteiger partial charge in [-0.1, -0.05) is 12.8 Å². The molecule has 0 aromatic heterocycles. The minimum absolute atomic E-state index is 0.212. The zero-order chi connectivity index (χ0) is 9.14. The van der Waals surface area contributed by atoms with Gasteiger partial charge in [-0.15, -0.1) is 0 Å². The van der Waals surface area contributed by atoms with Gasteiger partial charge in [0.25, 0.3) is 0 Å². The summed E-state index contributed by atoms with van der Waals surface area (Å²) in [6, 6.07) is 1.02. The fourth-order valence-electron chi connectivity index (χ4n) is 1.98. The molecule has 0 aromatic rings. The first-order valence-corrected chi connectivity index (χ1v) is 5.03. The predicted octanol–water partition coefficient (Wildman–Crippen LogP) is 1.63. The van der Waals surface area contributed by atoms with Crippen molar-refractivity contribution in [3.8, 4) is 0 Å². The Morgan fingerprint density at radius 2 is 1.75 bits per heavy atom. The van der Waals surface area contributed by atoms with E-state index in [4.69, 9.17) is 0 Å². The number of aliphatic hydroxyl groups is 1. The molecule has 1 rings (SSSR count). The number of nitrogens with zero attached hydrogens (tertiary/aromatic N) is 1. The monoisotopic (exact) mass is 171 g/mol. The normalized spacial score (nSPS) is 24.8. The zero-order valence-electron chi connectivity index (χ0n) is 8.45. The SMILES string of the molecule is CC(O)C(C)N(C)C1CCCC1. The molecule has 0 radical (unpaired) electrons. The lowest BCUT2D eigenvalue weighted by atomic mass is 10.1. The van der Waals surface area contributed by atoms with E-state index in [2.05, 4.69) is 18.9 Å². The van der Waals surface area contributed by atoms with Crippen molar-refractivity contribution in [1.29, 1.82) is 0 Å². The van der Waals surface area contributed by atoms with E-state index < -0.39 is 0 Å². The average molecular weight is 171 g/mol. The Kier molecular flexibility index (Phi) is 3.53. The van der Waals surface area contributed by atoms with Crippen molar-refractivity contribution < 1.29 is 5.11 Å². The molecule has 0 spiro atoms. The van der Waals surface area contributed by atoms with Crippen molar-refractivity contribution in [3.63, 3.8) is 0 Å². The molecule has 1 aliphatic rings. The second-order valence-corrected chi connectivity index (χ2v) is 4.08. The molecule has 1 N–H and O–H groups in total. The van der Waals surface area contributed by atoms with Crippen LogP contribution in [0.4, 0.5) is 0 Å². The van der Waals surface area contributed by atoms with Crippen LogP contribution >= 0.6 is 0 Å². The third-order valence-corrected chi connectivity index (χ3v) is 3.24. The summed E-state index contributed by atoms with van der Waals surface area (Å²) in [7, 11) is 2.13. The van der Waals surface area contributed by atoms with Crippen LogP contribution in [-0.2, 0) is 0 Å². The van der Waals surface area contributed by atoms with Gasteiger partial charge in [0, 0.05) is 12.1 Å². The summed E-state index contributed by atoms with van der Waals surface area (Å²) in [6.45, 7) is 3.97. The number of rotatable bonds is 3. The van der Waals surface area contributed by atoms with Gasteiger partial charge in [-0.05, 0) is 33.7 Å². The number of aliphatic hydroxyl groups excluding tert-OH is 1. The molecule has 0 heterocycles. The van der Waals surface area contributed by atoms with Gasteiger partial charge in [0.1, 0.15) is 0 Å². The van der Waals surface area contributed by atoms with E-state index in [1.165, 1.54) is 25.7 Å². The van der Waals surface area contributed by atoms with Gasteiger partial charge >= 0.3 is 0 Å². The smallest absolute Gasteiger partial charge is 0.0664 e. The molecule has 2 atom stereocenters. The Labute approximate surface area is 75.6 Å². The third-order valence-electron chi connectivity index (χ3n) is 3.24. The molecule has 0 aromatic carbocycles. The summed E-state index contributed by atoms with van der Waals surface area (Å²) in [5, 5.41) is 9.41. The van der Waals surface area contributed by atoms with Crippen molar-refractivity contribution >= 4 is 0 Å². The summed E-state index contributed by atoms with van der Waals surface area (Å²) in [4.78, 5) is 2.33. The second kappa shape index (κ2) is 4.24. The lowest BCUT2D eigenvalue weighted by Gasteiger charge is -2.32. The molecule has 0 bridgehead atoms. The maximum atomic E-state index is 9.41. The molecule has 2 heteroatoms. The van der Waals surface area contributed by atoms with Crippen molar-refractivity contribution in [2.75, 3.05) is 7.05 Å². The fraction of sp³-hybridized carbons (Fsp3) is 1.00. The van der Waals surface area contributed by atoms with Crippen LogP contribution in [0.5, 0.6) is 0 Å². The van der Waals surface area contributed by atoms with Crippen LogP contribution < -0.4 is 0 Å². The summed E-state index contributed by atoms with van der Waals surface area (Å²) < 4.78 is 0. The van der Waals surface area contributed by atoms with Crippen molar-refractivity contribution in [3.05, 3.63) is 0 Å². The highest BCUT2D eigenvalue weighted by Crippen LogP contribution is 2.24. The van der Waals surface area contributed by atoms with Gasteiger partial charge in [-0.25, -0.2) is 0 Å². The summed E-state index contributed by atoms with van der Waals surface area (Å²) in [6.07, 6.45) is 5.14. The molecular weight excluding hydrogens is 150 g/mol. The number of likely N-dealkylation sites (N-methyl/N-ethyl adjacent to an activating group) is 1. The highest BCUT2D eigenvalue weighted by atomic mass is 16.3. The highest BCUT2D eigenvalue weighted by molar-refractivity contribution is 4.80. The van der Waals surface area contributed by atoms with Gasteiger partial charge in [0.05, 0.1) is 6.10 Å². The Morgan fingerprint density at radius 1 is 1.25 bits per heavy atom. The van der Waals surface area contributed by atoms with E-state index in [0.717, 1.165) is 6.04 Å². The van der Waals surface area contributed by atoms with Crippen LogP contribution in [0.3, 0.4) is 0 Å². The molecule has 1 fully saturated rings. The maximum absolute atomic E-state index is 9.41. The van der Waals surface area contributed by atoms with Gasteiger partial charge in [0.15, 0.2) is 0 Å². The minimum atomic E-state index is -0.212.